The molecular weight excluding hydrogens is 392 g/mol. The van der Waals surface area contributed by atoms with Crippen molar-refractivity contribution in [2.45, 2.75) is 31.1 Å². The molecule has 0 atom stereocenters. The Bertz CT molecular complexity index is 980. The predicted octanol–water partition coefficient (Wildman–Crippen LogP) is 3.29. The van der Waals surface area contributed by atoms with E-state index in [0.29, 0.717) is 30.9 Å². The van der Waals surface area contributed by atoms with Crippen LogP contribution in [-0.4, -0.2) is 44.3 Å². The average molecular weight is 416 g/mol. The summed E-state index contributed by atoms with van der Waals surface area (Å²) in [5.74, 6) is -0.839. The molecule has 0 aliphatic carbocycles. The van der Waals surface area contributed by atoms with Crippen molar-refractivity contribution in [2.75, 3.05) is 25.0 Å². The van der Waals surface area contributed by atoms with Crippen molar-refractivity contribution in [1.82, 2.24) is 4.31 Å². The molecule has 0 unspecified atom stereocenters. The highest BCUT2D eigenvalue weighted by atomic mass is 32.2. The Labute approximate surface area is 170 Å². The highest BCUT2D eigenvalue weighted by molar-refractivity contribution is 7.89. The van der Waals surface area contributed by atoms with Gasteiger partial charge in [0.25, 0.3) is 5.91 Å². The minimum atomic E-state index is -3.59. The van der Waals surface area contributed by atoms with Crippen molar-refractivity contribution in [3.63, 3.8) is 0 Å². The summed E-state index contributed by atoms with van der Waals surface area (Å²) in [7, 11) is -3.59. The van der Waals surface area contributed by atoms with Crippen LogP contribution in [-0.2, 0) is 14.8 Å². The summed E-state index contributed by atoms with van der Waals surface area (Å²) in [5.41, 5.74) is 1.14. The number of ether oxygens (including phenoxy) is 1. The summed E-state index contributed by atoms with van der Waals surface area (Å²) < 4.78 is 31.9. The van der Waals surface area contributed by atoms with E-state index < -0.39 is 21.9 Å². The molecule has 1 aliphatic heterocycles. The third-order valence-electron chi connectivity index (χ3n) is 4.61. The Morgan fingerprint density at radius 2 is 1.72 bits per heavy atom. The second kappa shape index (κ2) is 9.19. The van der Waals surface area contributed by atoms with E-state index in [1.807, 2.05) is 6.92 Å². The fraction of sp³-hybridized carbons (Fsp3) is 0.333. The van der Waals surface area contributed by atoms with Crippen molar-refractivity contribution in [3.05, 3.63) is 59.7 Å². The number of benzene rings is 2. The molecule has 154 valence electrons. The molecule has 7 nitrogen and oxygen atoms in total. The normalized spacial score (nSPS) is 14.5. The van der Waals surface area contributed by atoms with E-state index in [9.17, 15) is 18.0 Å². The minimum Gasteiger partial charge on any atom is -0.462 e. The Morgan fingerprint density at radius 3 is 2.38 bits per heavy atom. The molecule has 3 rings (SSSR count). The molecule has 1 saturated heterocycles. The maximum atomic E-state index is 12.7. The van der Waals surface area contributed by atoms with Gasteiger partial charge in [-0.3, -0.25) is 4.79 Å². The number of carbonyl (C=O) groups excluding carboxylic acids is 2. The smallest absolute Gasteiger partial charge is 0.338 e. The highest BCUT2D eigenvalue weighted by Crippen LogP contribution is 2.22. The summed E-state index contributed by atoms with van der Waals surface area (Å²) in [4.78, 5) is 24.5. The lowest BCUT2D eigenvalue weighted by molar-refractivity contribution is 0.0505. The monoisotopic (exact) mass is 416 g/mol. The molecule has 8 heteroatoms. The Hall–Kier alpha value is -2.71. The first-order chi connectivity index (χ1) is 13.9. The molecule has 1 amide bonds. The topological polar surface area (TPSA) is 92.8 Å². The van der Waals surface area contributed by atoms with Gasteiger partial charge in [-0.1, -0.05) is 13.0 Å². The van der Waals surface area contributed by atoms with Crippen LogP contribution in [0, 0.1) is 0 Å². The molecule has 0 bridgehead atoms. The molecule has 1 aliphatic rings. The fourth-order valence-electron chi connectivity index (χ4n) is 3.05. The molecule has 1 fully saturated rings. The summed E-state index contributed by atoms with van der Waals surface area (Å²) in [5, 5.41) is 2.72. The first-order valence-corrected chi connectivity index (χ1v) is 11.0. The first kappa shape index (κ1) is 21.0. The molecular formula is C21H24N2O5S. The average Bonchev–Trinajstić information content (AvgIpc) is 3.28. The van der Waals surface area contributed by atoms with Crippen LogP contribution < -0.4 is 5.32 Å². The number of amides is 1. The second-order valence-corrected chi connectivity index (χ2v) is 8.74. The third-order valence-corrected chi connectivity index (χ3v) is 6.51. The largest absolute Gasteiger partial charge is 0.462 e. The van der Waals surface area contributed by atoms with Crippen LogP contribution in [0.2, 0.25) is 0 Å². The zero-order chi connectivity index (χ0) is 20.9. The van der Waals surface area contributed by atoms with Gasteiger partial charge in [-0.25, -0.2) is 13.2 Å². The zero-order valence-electron chi connectivity index (χ0n) is 16.3. The van der Waals surface area contributed by atoms with Crippen LogP contribution in [0.15, 0.2) is 53.4 Å². The third kappa shape index (κ3) is 5.02. The van der Waals surface area contributed by atoms with Crippen molar-refractivity contribution < 1.29 is 22.7 Å². The standard InChI is InChI=1S/C21H24N2O5S/c1-2-14-28-21(25)16-8-10-18(11-9-16)22-20(24)17-6-5-7-19(15-17)29(26,27)23-12-3-4-13-23/h5-11,15H,2-4,12-14H2,1H3,(H,22,24). The predicted molar refractivity (Wildman–Crippen MR) is 109 cm³/mol. The molecule has 2 aromatic rings. The first-order valence-electron chi connectivity index (χ1n) is 9.60. The number of sulfonamides is 1. The van der Waals surface area contributed by atoms with Gasteiger partial charge in [-0.05, 0) is 61.7 Å². The van der Waals surface area contributed by atoms with E-state index in [-0.39, 0.29) is 10.5 Å². The minimum absolute atomic E-state index is 0.112. The maximum absolute atomic E-state index is 12.7. The lowest BCUT2D eigenvalue weighted by Gasteiger charge is -2.16. The van der Waals surface area contributed by atoms with Crippen LogP contribution in [0.1, 0.15) is 46.9 Å². The SMILES string of the molecule is CCCOC(=O)c1ccc(NC(=O)c2cccc(S(=O)(=O)N3CCCC3)c2)cc1. The number of hydrogen-bond donors (Lipinski definition) is 1. The molecule has 0 saturated carbocycles. The number of carbonyl (C=O) groups is 2. The summed E-state index contributed by atoms with van der Waals surface area (Å²) in [6.45, 7) is 3.28. The van der Waals surface area contributed by atoms with Crippen LogP contribution in [0.3, 0.4) is 0 Å². The number of rotatable bonds is 7. The Morgan fingerprint density at radius 1 is 1.03 bits per heavy atom. The van der Waals surface area contributed by atoms with Gasteiger partial charge in [-0.2, -0.15) is 4.31 Å². The highest BCUT2D eigenvalue weighted by Gasteiger charge is 2.27. The van der Waals surface area contributed by atoms with E-state index in [2.05, 4.69) is 5.32 Å². The van der Waals surface area contributed by atoms with Gasteiger partial charge < -0.3 is 10.1 Å². The summed E-state index contributed by atoms with van der Waals surface area (Å²) in [6, 6.07) is 12.4. The fourth-order valence-corrected chi connectivity index (χ4v) is 4.61. The Balaban J connectivity index is 1.70. The summed E-state index contributed by atoms with van der Waals surface area (Å²) >= 11 is 0. The van der Waals surface area contributed by atoms with Gasteiger partial charge >= 0.3 is 5.97 Å². The van der Waals surface area contributed by atoms with Gasteiger partial charge in [-0.15, -0.1) is 0 Å². The van der Waals surface area contributed by atoms with E-state index in [1.165, 1.54) is 16.4 Å². The van der Waals surface area contributed by atoms with Gasteiger partial charge in [0.1, 0.15) is 0 Å². The molecule has 0 radical (unpaired) electrons. The Kier molecular flexibility index (Phi) is 6.66. The second-order valence-electron chi connectivity index (χ2n) is 6.81. The number of esters is 1. The van der Waals surface area contributed by atoms with E-state index in [4.69, 9.17) is 4.74 Å². The van der Waals surface area contributed by atoms with Gasteiger partial charge in [0.15, 0.2) is 0 Å². The lowest BCUT2D eigenvalue weighted by atomic mass is 10.2. The zero-order valence-corrected chi connectivity index (χ0v) is 17.1. The number of hydrogen-bond acceptors (Lipinski definition) is 5. The molecule has 29 heavy (non-hydrogen) atoms. The quantitative estimate of drug-likeness (QED) is 0.699. The molecule has 1 N–H and O–H groups in total. The van der Waals surface area contributed by atoms with Crippen LogP contribution in [0.4, 0.5) is 5.69 Å². The van der Waals surface area contributed by atoms with Crippen molar-refractivity contribution in [2.24, 2.45) is 0 Å². The van der Waals surface area contributed by atoms with Crippen LogP contribution in [0.5, 0.6) is 0 Å². The van der Waals surface area contributed by atoms with E-state index in [1.54, 1.807) is 36.4 Å². The van der Waals surface area contributed by atoms with Crippen molar-refractivity contribution >= 4 is 27.6 Å². The number of anilines is 1. The van der Waals surface area contributed by atoms with Crippen molar-refractivity contribution in [3.8, 4) is 0 Å². The van der Waals surface area contributed by atoms with Crippen molar-refractivity contribution in [1.29, 1.82) is 0 Å². The lowest BCUT2D eigenvalue weighted by Crippen LogP contribution is -2.28. The van der Waals surface area contributed by atoms with E-state index >= 15 is 0 Å². The van der Waals surface area contributed by atoms with Crippen LogP contribution in [0.25, 0.3) is 0 Å². The van der Waals surface area contributed by atoms with E-state index in [0.717, 1.165) is 19.3 Å². The van der Waals surface area contributed by atoms with Gasteiger partial charge in [0.2, 0.25) is 10.0 Å². The molecule has 1 heterocycles. The van der Waals surface area contributed by atoms with Crippen LogP contribution >= 0.6 is 0 Å². The summed E-state index contributed by atoms with van der Waals surface area (Å²) in [6.07, 6.45) is 2.44. The maximum Gasteiger partial charge on any atom is 0.338 e. The molecule has 2 aromatic carbocycles. The van der Waals surface area contributed by atoms with Gasteiger partial charge in [0, 0.05) is 24.3 Å². The molecule has 0 aromatic heterocycles. The molecule has 0 spiro atoms. The van der Waals surface area contributed by atoms with Gasteiger partial charge in [0.05, 0.1) is 17.1 Å². The number of nitrogens with one attached hydrogen (secondary N) is 1. The number of nitrogens with zero attached hydrogens (tertiary/aromatic N) is 1.